The first-order valence-electron chi connectivity index (χ1n) is 33.3. The molecule has 2 aliphatic rings. The topological polar surface area (TPSA) is 16.3 Å². The van der Waals surface area contributed by atoms with Gasteiger partial charge in [-0.25, -0.2) is 0 Å². The minimum atomic E-state index is -0.637. The summed E-state index contributed by atoms with van der Waals surface area (Å²) < 4.78 is 151. The maximum absolute atomic E-state index is 9.74. The summed E-state index contributed by atoms with van der Waals surface area (Å²) in [5.74, 6) is 0. The van der Waals surface area contributed by atoms with Gasteiger partial charge in [-0.15, -0.1) is 0 Å². The summed E-state index contributed by atoms with van der Waals surface area (Å²) in [5.41, 5.74) is 12.0. The average Bonchev–Trinajstić information content (AvgIpc) is 1.70. The van der Waals surface area contributed by atoms with E-state index in [0.717, 1.165) is 61.1 Å². The Morgan fingerprint density at radius 2 is 0.649 bits per heavy atom. The monoisotopic (exact) mass is 994 g/mol. The predicted octanol–water partition coefficient (Wildman–Crippen LogP) is 17.0. The minimum Gasteiger partial charge on any atom is -0.311 e. The van der Waals surface area contributed by atoms with Crippen molar-refractivity contribution in [3.05, 3.63) is 285 Å². The Hall–Kier alpha value is -10.1. The van der Waals surface area contributed by atoms with E-state index in [1.54, 1.807) is 0 Å². The molecule has 0 atom stereocenters. The maximum Gasteiger partial charge on any atom is 0.252 e. The number of nitrogens with zero attached hydrogens (tertiary/aromatic N) is 4. The molecule has 0 aliphatic carbocycles. The van der Waals surface area contributed by atoms with Crippen LogP contribution in [0.2, 0.25) is 0 Å². The zero-order valence-electron chi connectivity index (χ0n) is 56.8. The molecule has 77 heavy (non-hydrogen) atoms. The van der Waals surface area contributed by atoms with Crippen molar-refractivity contribution in [2.45, 2.75) is 0 Å². The van der Waals surface area contributed by atoms with Gasteiger partial charge in [-0.1, -0.05) is 206 Å². The fraction of sp³-hybridized carbons (Fsp3) is 0. The fourth-order valence-corrected chi connectivity index (χ4v) is 11.8. The second-order valence-electron chi connectivity index (χ2n) is 19.3. The van der Waals surface area contributed by atoms with E-state index < -0.39 is 103 Å². The summed E-state index contributed by atoms with van der Waals surface area (Å²) in [4.78, 5) is 4.23. The van der Waals surface area contributed by atoms with Crippen molar-refractivity contribution in [1.29, 1.82) is 0 Å². The number of hydrogen-bond donors (Lipinski definition) is 0. The lowest BCUT2D eigenvalue weighted by atomic mass is 9.33. The SMILES string of the molecule is [2H]c1c([2H])c([2H])c2c(c1[2H])c1c([2H])c([2H])c([2H])c([2H])c1n2-c1ccc2c(c1)N(c1cccc(-c3ccccc3)c1)c1cc(-n3c4c([2H])c([2H])c([2H])c([2H])c4c4c([2H])c([2H])c([2H])c([2H])c43)cc3c1B2c1ccc(-c2ccccc2)cc1N3c1ccc(-c2ccccc2)cc1. The van der Waals surface area contributed by atoms with Gasteiger partial charge in [0.2, 0.25) is 0 Å². The van der Waals surface area contributed by atoms with E-state index in [1.807, 2.05) is 158 Å². The molecule has 2 aliphatic heterocycles. The zero-order valence-corrected chi connectivity index (χ0v) is 40.8. The van der Waals surface area contributed by atoms with Crippen LogP contribution in [-0.4, -0.2) is 15.8 Å². The average molecular weight is 995 g/mol. The predicted molar refractivity (Wildman–Crippen MR) is 325 cm³/mol. The zero-order chi connectivity index (χ0) is 64.5. The molecule has 0 N–H and O–H groups in total. The van der Waals surface area contributed by atoms with Crippen LogP contribution in [0.4, 0.5) is 34.1 Å². The molecule has 0 radical (unpaired) electrons. The second-order valence-corrected chi connectivity index (χ2v) is 19.3. The third-order valence-corrected chi connectivity index (χ3v) is 15.2. The number of hydrogen-bond acceptors (Lipinski definition) is 2. The Balaban J connectivity index is 1.09. The van der Waals surface area contributed by atoms with Crippen molar-refractivity contribution in [2.75, 3.05) is 9.80 Å². The lowest BCUT2D eigenvalue weighted by Gasteiger charge is -2.44. The molecule has 12 aromatic carbocycles. The Morgan fingerprint density at radius 1 is 0.273 bits per heavy atom. The largest absolute Gasteiger partial charge is 0.311 e. The highest BCUT2D eigenvalue weighted by atomic mass is 15.2. The molecule has 358 valence electrons. The van der Waals surface area contributed by atoms with E-state index in [0.29, 0.717) is 22.7 Å². The number of benzene rings is 12. The first-order valence-corrected chi connectivity index (χ1v) is 25.3. The lowest BCUT2D eigenvalue weighted by molar-refractivity contribution is 1.15. The van der Waals surface area contributed by atoms with Gasteiger partial charge >= 0.3 is 0 Å². The molecule has 0 saturated carbocycles. The van der Waals surface area contributed by atoms with Crippen molar-refractivity contribution in [3.8, 4) is 44.8 Å². The van der Waals surface area contributed by atoms with Crippen LogP contribution in [0, 0.1) is 0 Å². The van der Waals surface area contributed by atoms with Crippen molar-refractivity contribution in [2.24, 2.45) is 0 Å². The Morgan fingerprint density at radius 3 is 1.18 bits per heavy atom. The number of anilines is 6. The summed E-state index contributed by atoms with van der Waals surface area (Å²) in [5, 5.41) is -0.352. The van der Waals surface area contributed by atoms with E-state index in [9.17, 15) is 11.0 Å². The van der Waals surface area contributed by atoms with Crippen LogP contribution in [0.15, 0.2) is 285 Å². The quantitative estimate of drug-likeness (QED) is 0.148. The molecule has 2 aromatic heterocycles. The van der Waals surface area contributed by atoms with Crippen LogP contribution in [0.1, 0.15) is 21.9 Å². The van der Waals surface area contributed by atoms with Gasteiger partial charge in [-0.3, -0.25) is 0 Å². The van der Waals surface area contributed by atoms with Crippen molar-refractivity contribution in [3.63, 3.8) is 0 Å². The highest BCUT2D eigenvalue weighted by Gasteiger charge is 2.44. The molecule has 14 aromatic rings. The van der Waals surface area contributed by atoms with E-state index in [1.165, 1.54) is 9.13 Å². The fourth-order valence-electron chi connectivity index (χ4n) is 11.8. The van der Waals surface area contributed by atoms with Gasteiger partial charge in [0.25, 0.3) is 6.71 Å². The van der Waals surface area contributed by atoms with E-state index in [4.69, 9.17) is 11.0 Å². The van der Waals surface area contributed by atoms with Crippen LogP contribution >= 0.6 is 0 Å². The number of aromatic nitrogens is 2. The van der Waals surface area contributed by atoms with Crippen LogP contribution < -0.4 is 26.2 Å². The van der Waals surface area contributed by atoms with Crippen LogP contribution in [0.3, 0.4) is 0 Å². The molecule has 0 unspecified atom stereocenters. The van der Waals surface area contributed by atoms with Gasteiger partial charge in [0.15, 0.2) is 0 Å². The van der Waals surface area contributed by atoms with E-state index >= 15 is 0 Å². The molecule has 4 heterocycles. The normalized spacial score (nSPS) is 15.5. The Labute approximate surface area is 469 Å². The van der Waals surface area contributed by atoms with Gasteiger partial charge in [-0.05, 0) is 129 Å². The molecular formula is C72H47BN4. The Bertz CT molecular complexity index is 5450. The van der Waals surface area contributed by atoms with Gasteiger partial charge in [0, 0.05) is 61.4 Å². The smallest absolute Gasteiger partial charge is 0.252 e. The summed E-state index contributed by atoms with van der Waals surface area (Å²) in [7, 11) is 0. The van der Waals surface area contributed by atoms with Crippen molar-refractivity contribution >= 4 is 101 Å². The summed E-state index contributed by atoms with van der Waals surface area (Å²) in [6.45, 7) is -0.637. The first kappa shape index (κ1) is 30.3. The van der Waals surface area contributed by atoms with Gasteiger partial charge in [0.05, 0.1) is 49.7 Å². The lowest BCUT2D eigenvalue weighted by Crippen LogP contribution is -2.61. The summed E-state index contributed by atoms with van der Waals surface area (Å²) >= 11 is 0. The van der Waals surface area contributed by atoms with Gasteiger partial charge in [-0.2, -0.15) is 0 Å². The molecule has 0 spiro atoms. The number of fused-ring (bicyclic) bond motifs is 10. The maximum atomic E-state index is 9.74. The highest BCUT2D eigenvalue weighted by molar-refractivity contribution is 7.00. The van der Waals surface area contributed by atoms with Gasteiger partial charge in [0.1, 0.15) is 0 Å². The van der Waals surface area contributed by atoms with Crippen LogP contribution in [-0.2, 0) is 0 Å². The highest BCUT2D eigenvalue weighted by Crippen LogP contribution is 2.48. The first-order chi connectivity index (χ1) is 44.9. The van der Waals surface area contributed by atoms with E-state index in [-0.39, 0.29) is 55.0 Å². The molecular weight excluding hydrogens is 932 g/mol. The van der Waals surface area contributed by atoms with E-state index in [2.05, 4.69) is 40.1 Å². The molecule has 0 bridgehead atoms. The molecule has 5 heteroatoms. The third-order valence-electron chi connectivity index (χ3n) is 15.2. The van der Waals surface area contributed by atoms with Crippen molar-refractivity contribution < 1.29 is 21.9 Å². The molecule has 16 rings (SSSR count). The molecule has 0 fully saturated rings. The van der Waals surface area contributed by atoms with Crippen molar-refractivity contribution in [1.82, 2.24) is 9.13 Å². The molecule has 0 amide bonds. The van der Waals surface area contributed by atoms with Crippen LogP contribution in [0.5, 0.6) is 0 Å². The number of rotatable bonds is 7. The molecule has 0 saturated heterocycles. The van der Waals surface area contributed by atoms with Gasteiger partial charge < -0.3 is 18.9 Å². The Kier molecular flexibility index (Phi) is 6.79. The molecule has 4 nitrogen and oxygen atoms in total. The number of para-hydroxylation sites is 4. The standard InChI is InChI=1S/C72H47BN4/c1-4-19-48(20-5-1)51-35-38-54(39-36-51)74-68-44-53(50-23-8-3-9-24-50)37-41-62(68)73-63-42-40-56(75-64-31-14-10-27-58(64)59-28-11-15-32-65(59)75)45-69(63)76(55-26-18-25-52(43-55)49-21-6-2-7-22-49)71-47-57(46-70(74)72(71)73)77-66-33-16-12-29-60(66)61-30-13-17-34-67(61)77/h1-47H/i10D,11D,12D,13D,14D,15D,16D,17D,27D,28D,29D,30D,31D,32D,33D,34D. The second kappa shape index (κ2) is 17.2. The summed E-state index contributed by atoms with van der Waals surface area (Å²) in [6.07, 6.45) is 0. The third kappa shape index (κ3) is 6.74. The van der Waals surface area contributed by atoms with Crippen LogP contribution in [0.25, 0.3) is 88.4 Å². The minimum absolute atomic E-state index is 0.0628. The summed E-state index contributed by atoms with van der Waals surface area (Å²) in [6, 6.07) is 53.4.